The average Bonchev–Trinajstić information content (AvgIpc) is 3.55. The number of hydrogen-bond donors (Lipinski definition) is 4. The molecular formula is C35H35F3N5O6S+. The van der Waals surface area contributed by atoms with E-state index in [2.05, 4.69) is 20.7 Å². The van der Waals surface area contributed by atoms with Crippen LogP contribution in [0.1, 0.15) is 45.9 Å². The molecule has 2 heterocycles. The largest absolute Gasteiger partial charge is 0.573 e. The quantitative estimate of drug-likeness (QED) is 0.0947. The van der Waals surface area contributed by atoms with Gasteiger partial charge in [-0.05, 0) is 80.4 Å². The predicted molar refractivity (Wildman–Crippen MR) is 179 cm³/mol. The lowest BCUT2D eigenvalue weighted by Crippen LogP contribution is -2.49. The molecule has 0 aliphatic rings. The Kier molecular flexibility index (Phi) is 11.0. The van der Waals surface area contributed by atoms with Crippen LogP contribution in [0.25, 0.3) is 4.96 Å². The molecule has 0 aliphatic carbocycles. The molecule has 0 saturated carbocycles. The van der Waals surface area contributed by atoms with Crippen LogP contribution in [-0.2, 0) is 29.0 Å². The summed E-state index contributed by atoms with van der Waals surface area (Å²) in [6.45, 7) is 5.64. The summed E-state index contributed by atoms with van der Waals surface area (Å²) in [7, 11) is 0. The second kappa shape index (κ2) is 15.3. The third-order valence-electron chi connectivity index (χ3n) is 7.30. The van der Waals surface area contributed by atoms with Gasteiger partial charge in [-0.2, -0.15) is 4.40 Å². The van der Waals surface area contributed by atoms with Crippen molar-refractivity contribution in [1.29, 1.82) is 0 Å². The van der Waals surface area contributed by atoms with E-state index >= 15 is 0 Å². The van der Waals surface area contributed by atoms with Crippen LogP contribution in [0.15, 0.2) is 85.2 Å². The number of nitrogens with one attached hydrogen (secondary N) is 3. The molecule has 0 saturated heterocycles. The van der Waals surface area contributed by atoms with Crippen LogP contribution in [0, 0.1) is 6.92 Å². The molecule has 4 N–H and O–H groups in total. The summed E-state index contributed by atoms with van der Waals surface area (Å²) < 4.78 is 51.6. The van der Waals surface area contributed by atoms with Crippen molar-refractivity contribution in [2.45, 2.75) is 58.8 Å². The summed E-state index contributed by atoms with van der Waals surface area (Å²) in [6, 6.07) is 16.3. The number of alkyl halides is 3. The van der Waals surface area contributed by atoms with E-state index in [-0.39, 0.29) is 37.1 Å². The first-order chi connectivity index (χ1) is 23.7. The fourth-order valence-electron chi connectivity index (χ4n) is 5.12. The molecule has 0 radical (unpaired) electrons. The Morgan fingerprint density at radius 2 is 1.70 bits per heavy atom. The maximum atomic E-state index is 13.6. The number of fused-ring (bicyclic) bond motifs is 1. The molecule has 0 aliphatic heterocycles. The number of hydrogen-bond acceptors (Lipinski definition) is 7. The summed E-state index contributed by atoms with van der Waals surface area (Å²) >= 11 is 1.48. The standard InChI is InChI=1S/C35H34F3N5O6S/c1-21(2)48-32(46)25-9-11-26(12-10-25)40-33(47)41-30(16-23-7-13-28(44)14-8-23)31(45)39-17-27-20-42-18-22(3)50-34(42)43(27)19-24-5-4-6-29(15-24)49-35(36,37)38/h4-15,18,20-21,30H,16-17,19H2,1-3H3,(H3-,39,40,41,44,45,46,47)/p+1/t30-/m0/s1. The Bertz CT molecular complexity index is 1970. The number of nitrogens with zero attached hydrogens (tertiary/aromatic N) is 2. The van der Waals surface area contributed by atoms with Crippen molar-refractivity contribution in [3.8, 4) is 11.5 Å². The number of carbonyl (C=O) groups is 3. The summed E-state index contributed by atoms with van der Waals surface area (Å²) in [5.74, 6) is -1.29. The number of aryl methyl sites for hydroxylation is 1. The number of ether oxygens (including phenoxy) is 2. The summed E-state index contributed by atoms with van der Waals surface area (Å²) in [5.41, 5.74) is 2.58. The van der Waals surface area contributed by atoms with E-state index in [9.17, 15) is 32.7 Å². The van der Waals surface area contributed by atoms with Crippen LogP contribution in [0.5, 0.6) is 11.5 Å². The second-order valence-corrected chi connectivity index (χ2v) is 12.9. The summed E-state index contributed by atoms with van der Waals surface area (Å²) in [6.07, 6.45) is -1.29. The van der Waals surface area contributed by atoms with E-state index in [4.69, 9.17) is 4.74 Å². The molecule has 11 nitrogen and oxygen atoms in total. The van der Waals surface area contributed by atoms with Crippen molar-refractivity contribution >= 4 is 39.9 Å². The van der Waals surface area contributed by atoms with E-state index in [1.165, 1.54) is 65.9 Å². The number of aromatic hydroxyl groups is 1. The van der Waals surface area contributed by atoms with Gasteiger partial charge in [-0.1, -0.05) is 35.6 Å². The molecule has 3 amide bonds. The van der Waals surface area contributed by atoms with E-state index < -0.39 is 30.3 Å². The zero-order valence-electron chi connectivity index (χ0n) is 27.3. The van der Waals surface area contributed by atoms with Gasteiger partial charge in [0.05, 0.1) is 18.2 Å². The molecule has 2 aromatic heterocycles. The third-order valence-corrected chi connectivity index (χ3v) is 8.34. The van der Waals surface area contributed by atoms with Crippen LogP contribution in [0.3, 0.4) is 0 Å². The Labute approximate surface area is 289 Å². The molecule has 0 fully saturated rings. The molecule has 0 spiro atoms. The van der Waals surface area contributed by atoms with Crippen LogP contribution in [0.2, 0.25) is 0 Å². The minimum absolute atomic E-state index is 0.0361. The van der Waals surface area contributed by atoms with Gasteiger partial charge >= 0.3 is 23.3 Å². The van der Waals surface area contributed by atoms with Gasteiger partial charge in [0.1, 0.15) is 36.5 Å². The highest BCUT2D eigenvalue weighted by Crippen LogP contribution is 2.25. The maximum absolute atomic E-state index is 13.6. The second-order valence-electron chi connectivity index (χ2n) is 11.7. The molecule has 15 heteroatoms. The lowest BCUT2D eigenvalue weighted by Gasteiger charge is -2.19. The van der Waals surface area contributed by atoms with E-state index in [1.54, 1.807) is 32.0 Å². The number of imidazole rings is 1. The Balaban J connectivity index is 1.31. The number of esters is 1. The third kappa shape index (κ3) is 9.75. The van der Waals surface area contributed by atoms with Crippen LogP contribution >= 0.6 is 11.3 Å². The number of amides is 3. The van der Waals surface area contributed by atoms with Crippen molar-refractivity contribution < 1.29 is 46.5 Å². The molecule has 1 atom stereocenters. The number of anilines is 1. The molecular weight excluding hydrogens is 675 g/mol. The maximum Gasteiger partial charge on any atom is 0.573 e. The smallest absolute Gasteiger partial charge is 0.508 e. The first-order valence-electron chi connectivity index (χ1n) is 15.5. The number of rotatable bonds is 12. The monoisotopic (exact) mass is 710 g/mol. The van der Waals surface area contributed by atoms with Gasteiger partial charge in [-0.15, -0.1) is 13.2 Å². The first kappa shape index (κ1) is 35.7. The molecule has 0 bridgehead atoms. The minimum atomic E-state index is -4.83. The molecule has 3 aromatic carbocycles. The van der Waals surface area contributed by atoms with Gasteiger partial charge in [-0.25, -0.2) is 14.2 Å². The highest BCUT2D eigenvalue weighted by molar-refractivity contribution is 7.16. The lowest BCUT2D eigenvalue weighted by molar-refractivity contribution is -0.506. The average molecular weight is 711 g/mol. The van der Waals surface area contributed by atoms with Crippen LogP contribution in [0.4, 0.5) is 23.7 Å². The Morgan fingerprint density at radius 3 is 2.38 bits per heavy atom. The molecule has 262 valence electrons. The van der Waals surface area contributed by atoms with Gasteiger partial charge in [-0.3, -0.25) is 4.79 Å². The number of thiazole rings is 1. The van der Waals surface area contributed by atoms with Gasteiger partial charge in [0.15, 0.2) is 5.69 Å². The number of benzene rings is 3. The highest BCUT2D eigenvalue weighted by Gasteiger charge is 2.31. The van der Waals surface area contributed by atoms with Crippen LogP contribution < -0.4 is 25.1 Å². The predicted octanol–water partition coefficient (Wildman–Crippen LogP) is 5.86. The normalized spacial score (nSPS) is 12.1. The van der Waals surface area contributed by atoms with Crippen molar-refractivity contribution in [3.63, 3.8) is 0 Å². The van der Waals surface area contributed by atoms with E-state index in [1.807, 2.05) is 28.3 Å². The summed E-state index contributed by atoms with van der Waals surface area (Å²) in [4.78, 5) is 40.7. The lowest BCUT2D eigenvalue weighted by atomic mass is 10.0. The molecule has 0 unspecified atom stereocenters. The van der Waals surface area contributed by atoms with Gasteiger partial charge in [0, 0.05) is 17.0 Å². The van der Waals surface area contributed by atoms with Crippen LogP contribution in [-0.4, -0.2) is 46.1 Å². The number of aromatic nitrogens is 2. The SMILES string of the molecule is Cc1c[n+]2cc(CNC(=O)[C@H](Cc3ccc(O)cc3)NC(=O)Nc3ccc(C(=O)OC(C)C)cc3)n(Cc3cccc(OC(F)(F)F)c3)c2s1. The zero-order valence-corrected chi connectivity index (χ0v) is 28.1. The zero-order chi connectivity index (χ0) is 36.0. The van der Waals surface area contributed by atoms with Gasteiger partial charge in [0.2, 0.25) is 5.91 Å². The van der Waals surface area contributed by atoms with Crippen molar-refractivity contribution in [2.24, 2.45) is 0 Å². The number of carbonyl (C=O) groups excluding carboxylic acids is 3. The van der Waals surface area contributed by atoms with E-state index in [0.29, 0.717) is 28.1 Å². The number of halogens is 3. The van der Waals surface area contributed by atoms with Gasteiger partial charge < -0.3 is 30.5 Å². The number of phenolic OH excluding ortho intramolecular Hbond substituents is 1. The first-order valence-corrected chi connectivity index (χ1v) is 16.3. The van der Waals surface area contributed by atoms with Crippen molar-refractivity contribution in [2.75, 3.05) is 5.32 Å². The minimum Gasteiger partial charge on any atom is -0.508 e. The van der Waals surface area contributed by atoms with Crippen molar-refractivity contribution in [1.82, 2.24) is 15.2 Å². The van der Waals surface area contributed by atoms with E-state index in [0.717, 1.165) is 9.84 Å². The Morgan fingerprint density at radius 1 is 0.980 bits per heavy atom. The number of phenols is 1. The van der Waals surface area contributed by atoms with Gasteiger partial charge in [0.25, 0.3) is 0 Å². The molecule has 5 rings (SSSR count). The van der Waals surface area contributed by atoms with Crippen molar-refractivity contribution in [3.05, 3.63) is 112 Å². The topological polar surface area (TPSA) is 135 Å². The fraction of sp³-hybridized carbons (Fsp3) is 0.257. The fourth-order valence-corrected chi connectivity index (χ4v) is 6.08. The number of urea groups is 1. The molecule has 5 aromatic rings. The Hall–Kier alpha value is -5.57. The highest BCUT2D eigenvalue weighted by atomic mass is 32.1. The summed E-state index contributed by atoms with van der Waals surface area (Å²) in [5, 5.41) is 18.0. The molecule has 50 heavy (non-hydrogen) atoms.